The summed E-state index contributed by atoms with van der Waals surface area (Å²) >= 11 is 5.94. The predicted molar refractivity (Wildman–Crippen MR) is 108 cm³/mol. The molecule has 1 aliphatic heterocycles. The van der Waals surface area contributed by atoms with Crippen molar-refractivity contribution in [2.75, 3.05) is 18.5 Å². The van der Waals surface area contributed by atoms with E-state index >= 15 is 0 Å². The highest BCUT2D eigenvalue weighted by Crippen LogP contribution is 2.29. The van der Waals surface area contributed by atoms with Crippen molar-refractivity contribution in [3.63, 3.8) is 0 Å². The number of hydrogen-bond donors (Lipinski definition) is 1. The number of hydrogen-bond acceptors (Lipinski definition) is 5. The summed E-state index contributed by atoms with van der Waals surface area (Å²) in [6.45, 7) is 1.97. The lowest BCUT2D eigenvalue weighted by Crippen LogP contribution is -2.43. The van der Waals surface area contributed by atoms with Gasteiger partial charge in [-0.2, -0.15) is 4.31 Å². The molecule has 8 nitrogen and oxygen atoms in total. The number of anilines is 1. The highest BCUT2D eigenvalue weighted by Gasteiger charge is 2.40. The molecule has 1 aliphatic rings. The zero-order chi connectivity index (χ0) is 22.1. The highest BCUT2D eigenvalue weighted by atomic mass is 35.5. The summed E-state index contributed by atoms with van der Waals surface area (Å²) in [6, 6.07) is 3.79. The Morgan fingerprint density at radius 2 is 2.07 bits per heavy atom. The van der Waals surface area contributed by atoms with Crippen LogP contribution in [0.4, 0.5) is 10.1 Å². The number of halogens is 2. The number of amides is 1. The van der Waals surface area contributed by atoms with E-state index in [1.54, 1.807) is 6.92 Å². The standard InChI is InChI=1S/C19H21ClFN3O5S/c1-3-29-19(26)17-10-13(11-23(17)2)30(27,28)24-8-4-5-16(24)18(25)22-15-7-6-12(21)9-14(15)20/h6-7,9-11,16H,3-5,8H2,1-2H3,(H,22,25). The molecule has 0 saturated carbocycles. The van der Waals surface area contributed by atoms with Crippen LogP contribution in [-0.4, -0.2) is 48.4 Å². The highest BCUT2D eigenvalue weighted by molar-refractivity contribution is 7.89. The van der Waals surface area contributed by atoms with Crippen LogP contribution in [0.3, 0.4) is 0 Å². The van der Waals surface area contributed by atoms with Crippen LogP contribution >= 0.6 is 11.6 Å². The van der Waals surface area contributed by atoms with E-state index in [-0.39, 0.29) is 34.5 Å². The zero-order valence-electron chi connectivity index (χ0n) is 16.4. The minimum Gasteiger partial charge on any atom is -0.461 e. The minimum absolute atomic E-state index is 0.0119. The second-order valence-corrected chi connectivity index (χ2v) is 9.08. The predicted octanol–water partition coefficient (Wildman–Crippen LogP) is 2.79. The number of nitrogens with zero attached hydrogens (tertiary/aromatic N) is 2. The molecule has 11 heteroatoms. The SMILES string of the molecule is CCOC(=O)c1cc(S(=O)(=O)N2CCCC2C(=O)Nc2ccc(F)cc2Cl)cn1C. The number of aryl methyl sites for hydroxylation is 1. The van der Waals surface area contributed by atoms with E-state index in [1.165, 1.54) is 29.9 Å². The maximum absolute atomic E-state index is 13.2. The fourth-order valence-corrected chi connectivity index (χ4v) is 5.26. The topological polar surface area (TPSA) is 97.7 Å². The normalized spacial score (nSPS) is 17.1. The number of nitrogens with one attached hydrogen (secondary N) is 1. The Hall–Kier alpha value is -2.43. The zero-order valence-corrected chi connectivity index (χ0v) is 18.0. The van der Waals surface area contributed by atoms with Gasteiger partial charge in [0.1, 0.15) is 22.4 Å². The van der Waals surface area contributed by atoms with Gasteiger partial charge in [-0.25, -0.2) is 17.6 Å². The van der Waals surface area contributed by atoms with Crippen molar-refractivity contribution in [3.05, 3.63) is 47.0 Å². The van der Waals surface area contributed by atoms with Crippen LogP contribution in [0.5, 0.6) is 0 Å². The third kappa shape index (κ3) is 4.35. The lowest BCUT2D eigenvalue weighted by atomic mass is 10.2. The molecule has 0 radical (unpaired) electrons. The molecule has 1 saturated heterocycles. The van der Waals surface area contributed by atoms with Gasteiger partial charge in [-0.1, -0.05) is 11.6 Å². The fraction of sp³-hybridized carbons (Fsp3) is 0.368. The Kier molecular flexibility index (Phi) is 6.49. The molecule has 1 aromatic carbocycles. The second kappa shape index (κ2) is 8.75. The van der Waals surface area contributed by atoms with E-state index < -0.39 is 33.8 Å². The molecule has 1 N–H and O–H groups in total. The summed E-state index contributed by atoms with van der Waals surface area (Å²) in [4.78, 5) is 24.7. The van der Waals surface area contributed by atoms with Gasteiger partial charge in [0.15, 0.2) is 0 Å². The van der Waals surface area contributed by atoms with Gasteiger partial charge in [0.05, 0.1) is 17.3 Å². The molecule has 0 spiro atoms. The third-order valence-electron chi connectivity index (χ3n) is 4.77. The van der Waals surface area contributed by atoms with Crippen LogP contribution in [-0.2, 0) is 26.6 Å². The molecule has 3 rings (SSSR count). The molecule has 1 amide bonds. The van der Waals surface area contributed by atoms with E-state index in [4.69, 9.17) is 16.3 Å². The summed E-state index contributed by atoms with van der Waals surface area (Å²) in [7, 11) is -2.50. The number of carbonyl (C=O) groups is 2. The van der Waals surface area contributed by atoms with Crippen LogP contribution in [0.15, 0.2) is 35.4 Å². The molecule has 1 fully saturated rings. The largest absolute Gasteiger partial charge is 0.461 e. The minimum atomic E-state index is -4.04. The van der Waals surface area contributed by atoms with E-state index in [9.17, 15) is 22.4 Å². The van der Waals surface area contributed by atoms with Crippen molar-refractivity contribution in [3.8, 4) is 0 Å². The van der Waals surface area contributed by atoms with Gasteiger partial charge in [-0.3, -0.25) is 4.79 Å². The number of benzene rings is 1. The number of ether oxygens (including phenoxy) is 1. The Bertz CT molecular complexity index is 1090. The van der Waals surface area contributed by atoms with E-state index in [0.717, 1.165) is 16.4 Å². The van der Waals surface area contributed by atoms with Gasteiger partial charge in [-0.15, -0.1) is 0 Å². The van der Waals surface area contributed by atoms with Gasteiger partial charge >= 0.3 is 5.97 Å². The van der Waals surface area contributed by atoms with E-state index in [0.29, 0.717) is 12.8 Å². The third-order valence-corrected chi connectivity index (χ3v) is 6.95. The molecule has 2 aromatic rings. The molecule has 1 aromatic heterocycles. The van der Waals surface area contributed by atoms with Gasteiger partial charge in [-0.05, 0) is 44.0 Å². The monoisotopic (exact) mass is 457 g/mol. The first-order valence-electron chi connectivity index (χ1n) is 9.26. The van der Waals surface area contributed by atoms with Crippen molar-refractivity contribution in [2.24, 2.45) is 7.05 Å². The first kappa shape index (κ1) is 22.3. The van der Waals surface area contributed by atoms with Crippen molar-refractivity contribution < 1.29 is 27.1 Å². The average molecular weight is 458 g/mol. The van der Waals surface area contributed by atoms with Crippen LogP contribution in [0.1, 0.15) is 30.3 Å². The Morgan fingerprint density at radius 1 is 1.33 bits per heavy atom. The molecule has 1 atom stereocenters. The van der Waals surface area contributed by atoms with E-state index in [2.05, 4.69) is 5.32 Å². The van der Waals surface area contributed by atoms with Crippen LogP contribution < -0.4 is 5.32 Å². The Morgan fingerprint density at radius 3 is 2.73 bits per heavy atom. The number of carbonyl (C=O) groups excluding carboxylic acids is 2. The summed E-state index contributed by atoms with van der Waals surface area (Å²) in [6.07, 6.45) is 2.12. The number of sulfonamides is 1. The number of aromatic nitrogens is 1. The molecular weight excluding hydrogens is 437 g/mol. The first-order valence-corrected chi connectivity index (χ1v) is 11.1. The molecule has 162 valence electrons. The second-order valence-electron chi connectivity index (χ2n) is 6.78. The first-order chi connectivity index (χ1) is 14.1. The smallest absolute Gasteiger partial charge is 0.354 e. The number of rotatable bonds is 6. The summed E-state index contributed by atoms with van der Waals surface area (Å²) in [5.74, 6) is -1.75. The quantitative estimate of drug-likeness (QED) is 0.672. The molecular formula is C19H21ClFN3O5S. The van der Waals surface area contributed by atoms with Crippen molar-refractivity contribution in [1.82, 2.24) is 8.87 Å². The van der Waals surface area contributed by atoms with Crippen molar-refractivity contribution in [1.29, 1.82) is 0 Å². The lowest BCUT2D eigenvalue weighted by Gasteiger charge is -2.23. The maximum atomic E-state index is 13.2. The van der Waals surface area contributed by atoms with Crippen molar-refractivity contribution in [2.45, 2.75) is 30.7 Å². The molecule has 30 heavy (non-hydrogen) atoms. The van der Waals surface area contributed by atoms with Crippen LogP contribution in [0.25, 0.3) is 0 Å². The molecule has 0 aliphatic carbocycles. The molecule has 2 heterocycles. The molecule has 0 bridgehead atoms. The summed E-state index contributed by atoms with van der Waals surface area (Å²) in [5.41, 5.74) is 0.283. The van der Waals surface area contributed by atoms with Crippen molar-refractivity contribution >= 4 is 39.2 Å². The van der Waals surface area contributed by atoms with E-state index in [1.807, 2.05) is 0 Å². The fourth-order valence-electron chi connectivity index (χ4n) is 3.32. The Balaban J connectivity index is 1.84. The van der Waals surface area contributed by atoms with Crippen LogP contribution in [0.2, 0.25) is 5.02 Å². The van der Waals surface area contributed by atoms with Crippen LogP contribution in [0, 0.1) is 5.82 Å². The van der Waals surface area contributed by atoms with Gasteiger partial charge in [0, 0.05) is 19.8 Å². The Labute approximate surface area is 178 Å². The maximum Gasteiger partial charge on any atom is 0.354 e. The summed E-state index contributed by atoms with van der Waals surface area (Å²) in [5, 5.41) is 2.57. The lowest BCUT2D eigenvalue weighted by molar-refractivity contribution is -0.119. The van der Waals surface area contributed by atoms with Gasteiger partial charge in [0.25, 0.3) is 0 Å². The average Bonchev–Trinajstić information content (AvgIpc) is 3.32. The number of esters is 1. The van der Waals surface area contributed by atoms with Gasteiger partial charge < -0.3 is 14.6 Å². The van der Waals surface area contributed by atoms with Gasteiger partial charge in [0.2, 0.25) is 15.9 Å². The summed E-state index contributed by atoms with van der Waals surface area (Å²) < 4.78 is 46.9. The molecule has 1 unspecified atom stereocenters.